The summed E-state index contributed by atoms with van der Waals surface area (Å²) in [5.74, 6) is 0.718. The van der Waals surface area contributed by atoms with Crippen molar-refractivity contribution in [2.45, 2.75) is 32.2 Å². The molecule has 0 radical (unpaired) electrons. The number of methoxy groups -OCH3 is 1. The fraction of sp³-hybridized carbons (Fsp3) is 0.700. The number of anilines is 1. The van der Waals surface area contributed by atoms with Crippen molar-refractivity contribution in [3.63, 3.8) is 0 Å². The van der Waals surface area contributed by atoms with Gasteiger partial charge in [0, 0.05) is 18.4 Å². The van der Waals surface area contributed by atoms with Gasteiger partial charge in [0.05, 0.1) is 13.2 Å². The van der Waals surface area contributed by atoms with Crippen molar-refractivity contribution in [2.24, 2.45) is 0 Å². The molecule has 0 aliphatic heterocycles. The topological polar surface area (TPSA) is 53.1 Å². The third-order valence-corrected chi connectivity index (χ3v) is 2.80. The Morgan fingerprint density at radius 1 is 1.43 bits per heavy atom. The van der Waals surface area contributed by atoms with E-state index in [1.165, 1.54) is 24.1 Å². The second-order valence-corrected chi connectivity index (χ2v) is 3.73. The highest BCUT2D eigenvalue weighted by atomic mass is 16.5. The van der Waals surface area contributed by atoms with Crippen molar-refractivity contribution < 1.29 is 4.74 Å². The molecule has 4 heteroatoms. The molecule has 0 saturated carbocycles. The van der Waals surface area contributed by atoms with Gasteiger partial charge in [-0.05, 0) is 25.7 Å². The number of nitrogens with zero attached hydrogens (tertiary/aromatic N) is 2. The second-order valence-electron chi connectivity index (χ2n) is 3.73. The van der Waals surface area contributed by atoms with Crippen LogP contribution in [-0.4, -0.2) is 23.5 Å². The number of rotatable bonds is 3. The molecule has 0 spiro atoms. The first kappa shape index (κ1) is 9.52. The van der Waals surface area contributed by atoms with E-state index in [0.29, 0.717) is 6.61 Å². The number of aromatic nitrogens is 2. The third-order valence-electron chi connectivity index (χ3n) is 2.80. The van der Waals surface area contributed by atoms with Crippen LogP contribution < -0.4 is 5.73 Å². The zero-order valence-corrected chi connectivity index (χ0v) is 8.62. The quantitative estimate of drug-likeness (QED) is 0.782. The van der Waals surface area contributed by atoms with Gasteiger partial charge in [0.25, 0.3) is 0 Å². The largest absolute Gasteiger partial charge is 0.383 e. The fourth-order valence-corrected chi connectivity index (χ4v) is 2.06. The summed E-state index contributed by atoms with van der Waals surface area (Å²) in [6.07, 6.45) is 4.70. The Bertz CT molecular complexity index is 319. The average Bonchev–Trinajstić information content (AvgIpc) is 2.54. The molecule has 1 heterocycles. The van der Waals surface area contributed by atoms with Crippen LogP contribution in [0.1, 0.15) is 24.1 Å². The predicted octanol–water partition coefficient (Wildman–Crippen LogP) is 0.990. The van der Waals surface area contributed by atoms with Crippen molar-refractivity contribution in [3.05, 3.63) is 11.3 Å². The molecule has 1 aromatic heterocycles. The Labute approximate surface area is 84.0 Å². The van der Waals surface area contributed by atoms with Gasteiger partial charge in [0.15, 0.2) is 0 Å². The van der Waals surface area contributed by atoms with Crippen LogP contribution >= 0.6 is 0 Å². The molecule has 0 bridgehead atoms. The Morgan fingerprint density at radius 2 is 2.21 bits per heavy atom. The van der Waals surface area contributed by atoms with E-state index in [1.54, 1.807) is 7.11 Å². The fourth-order valence-electron chi connectivity index (χ4n) is 2.06. The first-order chi connectivity index (χ1) is 6.83. The molecule has 0 saturated heterocycles. The molecule has 4 nitrogen and oxygen atoms in total. The summed E-state index contributed by atoms with van der Waals surface area (Å²) in [6, 6.07) is 0. The summed E-state index contributed by atoms with van der Waals surface area (Å²) in [7, 11) is 1.71. The van der Waals surface area contributed by atoms with E-state index >= 15 is 0 Å². The van der Waals surface area contributed by atoms with Gasteiger partial charge in [0.2, 0.25) is 0 Å². The lowest BCUT2D eigenvalue weighted by Gasteiger charge is -2.13. The maximum Gasteiger partial charge on any atom is 0.148 e. The summed E-state index contributed by atoms with van der Waals surface area (Å²) in [5.41, 5.74) is 8.46. The van der Waals surface area contributed by atoms with Crippen LogP contribution in [0, 0.1) is 0 Å². The van der Waals surface area contributed by atoms with Crippen LogP contribution in [0.3, 0.4) is 0 Å². The normalized spacial score (nSPS) is 15.5. The minimum absolute atomic E-state index is 0.702. The highest BCUT2D eigenvalue weighted by molar-refractivity contribution is 5.43. The average molecular weight is 195 g/mol. The molecule has 78 valence electrons. The standard InChI is InChI=1S/C10H17N3O/c1-14-7-6-13-9-5-3-2-4-8(9)10(11)12-13/h2-7H2,1H3,(H2,11,12). The highest BCUT2D eigenvalue weighted by Crippen LogP contribution is 2.25. The van der Waals surface area contributed by atoms with Crippen LogP contribution in [0.5, 0.6) is 0 Å². The third kappa shape index (κ3) is 1.62. The number of nitrogen functional groups attached to an aromatic ring is 1. The Hall–Kier alpha value is -1.03. The van der Waals surface area contributed by atoms with Gasteiger partial charge in [-0.3, -0.25) is 4.68 Å². The molecule has 1 aromatic rings. The van der Waals surface area contributed by atoms with E-state index in [0.717, 1.165) is 25.2 Å². The van der Waals surface area contributed by atoms with Crippen LogP contribution in [0.15, 0.2) is 0 Å². The van der Waals surface area contributed by atoms with Gasteiger partial charge < -0.3 is 10.5 Å². The first-order valence-corrected chi connectivity index (χ1v) is 5.16. The van der Waals surface area contributed by atoms with Crippen LogP contribution in [-0.2, 0) is 24.1 Å². The maximum absolute atomic E-state index is 5.86. The van der Waals surface area contributed by atoms with Crippen LogP contribution in [0.4, 0.5) is 5.82 Å². The van der Waals surface area contributed by atoms with Crippen molar-refractivity contribution in [1.82, 2.24) is 9.78 Å². The van der Waals surface area contributed by atoms with E-state index in [2.05, 4.69) is 5.10 Å². The minimum atomic E-state index is 0.702. The first-order valence-electron chi connectivity index (χ1n) is 5.16. The molecule has 0 amide bonds. The Kier molecular flexibility index (Phi) is 2.72. The van der Waals surface area contributed by atoms with Gasteiger partial charge in [-0.25, -0.2) is 0 Å². The van der Waals surface area contributed by atoms with Gasteiger partial charge in [-0.1, -0.05) is 0 Å². The van der Waals surface area contributed by atoms with E-state index in [1.807, 2.05) is 4.68 Å². The summed E-state index contributed by atoms with van der Waals surface area (Å²) < 4.78 is 7.05. The van der Waals surface area contributed by atoms with Crippen LogP contribution in [0.25, 0.3) is 0 Å². The summed E-state index contributed by atoms with van der Waals surface area (Å²) in [4.78, 5) is 0. The molecular weight excluding hydrogens is 178 g/mol. The summed E-state index contributed by atoms with van der Waals surface area (Å²) >= 11 is 0. The molecule has 0 atom stereocenters. The predicted molar refractivity (Wildman–Crippen MR) is 55.2 cm³/mol. The van der Waals surface area contributed by atoms with E-state index in [9.17, 15) is 0 Å². The molecule has 1 aliphatic carbocycles. The van der Waals surface area contributed by atoms with Gasteiger partial charge in [-0.15, -0.1) is 0 Å². The lowest BCUT2D eigenvalue weighted by molar-refractivity contribution is 0.182. The number of ether oxygens (including phenoxy) is 1. The molecular formula is C10H17N3O. The van der Waals surface area contributed by atoms with Gasteiger partial charge in [0.1, 0.15) is 5.82 Å². The summed E-state index contributed by atoms with van der Waals surface area (Å²) in [6.45, 7) is 1.52. The molecule has 0 fully saturated rings. The zero-order valence-electron chi connectivity index (χ0n) is 8.62. The maximum atomic E-state index is 5.86. The molecule has 0 aromatic carbocycles. The van der Waals surface area contributed by atoms with Crippen LogP contribution in [0.2, 0.25) is 0 Å². The monoisotopic (exact) mass is 195 g/mol. The lowest BCUT2D eigenvalue weighted by Crippen LogP contribution is -2.12. The zero-order chi connectivity index (χ0) is 9.97. The Balaban J connectivity index is 2.23. The van der Waals surface area contributed by atoms with Crippen molar-refractivity contribution in [2.75, 3.05) is 19.5 Å². The van der Waals surface area contributed by atoms with Gasteiger partial charge >= 0.3 is 0 Å². The summed E-state index contributed by atoms with van der Waals surface area (Å²) in [5, 5.41) is 4.34. The van der Waals surface area contributed by atoms with Gasteiger partial charge in [-0.2, -0.15) is 5.10 Å². The molecule has 1 aliphatic rings. The molecule has 2 N–H and O–H groups in total. The van der Waals surface area contributed by atoms with Crippen molar-refractivity contribution >= 4 is 5.82 Å². The van der Waals surface area contributed by atoms with Crippen molar-refractivity contribution in [1.29, 1.82) is 0 Å². The Morgan fingerprint density at radius 3 is 3.00 bits per heavy atom. The van der Waals surface area contributed by atoms with E-state index in [-0.39, 0.29) is 0 Å². The lowest BCUT2D eigenvalue weighted by atomic mass is 9.97. The van der Waals surface area contributed by atoms with E-state index < -0.39 is 0 Å². The number of hydrogen-bond acceptors (Lipinski definition) is 3. The number of fused-ring (bicyclic) bond motifs is 1. The number of hydrogen-bond donors (Lipinski definition) is 1. The SMILES string of the molecule is COCCn1nc(N)c2c1CCCC2. The molecule has 14 heavy (non-hydrogen) atoms. The number of nitrogens with two attached hydrogens (primary N) is 1. The molecule has 2 rings (SSSR count). The van der Waals surface area contributed by atoms with E-state index in [4.69, 9.17) is 10.5 Å². The smallest absolute Gasteiger partial charge is 0.148 e. The highest BCUT2D eigenvalue weighted by Gasteiger charge is 2.18. The molecule has 0 unspecified atom stereocenters. The minimum Gasteiger partial charge on any atom is -0.383 e. The van der Waals surface area contributed by atoms with Crippen molar-refractivity contribution in [3.8, 4) is 0 Å². The second kappa shape index (κ2) is 4.00.